The van der Waals surface area contributed by atoms with Crippen molar-refractivity contribution in [3.63, 3.8) is 0 Å². The second kappa shape index (κ2) is 10.4. The van der Waals surface area contributed by atoms with Crippen molar-refractivity contribution in [3.05, 3.63) is 23.5 Å². The molecule has 0 aliphatic heterocycles. The zero-order valence-electron chi connectivity index (χ0n) is 11.8. The molecule has 0 fully saturated rings. The molecule has 0 saturated carbocycles. The van der Waals surface area contributed by atoms with Crippen molar-refractivity contribution in [1.82, 2.24) is 0 Å². The quantitative estimate of drug-likeness (QED) is 0.389. The van der Waals surface area contributed by atoms with Crippen LogP contribution in [0.1, 0.15) is 41.5 Å². The number of allylic oxidation sites excluding steroid dienone is 3. The molecule has 0 bridgehead atoms. The Labute approximate surface area is 102 Å². The SMILES string of the molecule is C#CC(C)/C=C(OC)\C(=C/C)C(C)C.CC. The van der Waals surface area contributed by atoms with E-state index < -0.39 is 0 Å². The van der Waals surface area contributed by atoms with Crippen LogP contribution in [0.15, 0.2) is 23.5 Å². The van der Waals surface area contributed by atoms with Gasteiger partial charge in [-0.05, 0) is 31.4 Å². The van der Waals surface area contributed by atoms with Crippen LogP contribution in [0.25, 0.3) is 0 Å². The minimum Gasteiger partial charge on any atom is -0.497 e. The molecular weight excluding hydrogens is 196 g/mol. The van der Waals surface area contributed by atoms with Crippen molar-refractivity contribution in [2.45, 2.75) is 41.5 Å². The third-order valence-electron chi connectivity index (χ3n) is 2.10. The van der Waals surface area contributed by atoms with E-state index in [1.54, 1.807) is 7.11 Å². The third kappa shape index (κ3) is 6.35. The molecule has 92 valence electrons. The van der Waals surface area contributed by atoms with Gasteiger partial charge >= 0.3 is 0 Å². The van der Waals surface area contributed by atoms with Gasteiger partial charge in [0.05, 0.1) is 7.11 Å². The minimum absolute atomic E-state index is 0.110. The second-order valence-electron chi connectivity index (χ2n) is 3.59. The highest BCUT2D eigenvalue weighted by atomic mass is 16.5. The van der Waals surface area contributed by atoms with Crippen LogP contribution < -0.4 is 0 Å². The minimum atomic E-state index is 0.110. The zero-order valence-corrected chi connectivity index (χ0v) is 11.8. The van der Waals surface area contributed by atoms with E-state index in [-0.39, 0.29) is 5.92 Å². The molecule has 1 atom stereocenters. The Morgan fingerprint density at radius 1 is 1.25 bits per heavy atom. The van der Waals surface area contributed by atoms with Crippen molar-refractivity contribution in [3.8, 4) is 12.3 Å². The molecule has 0 aromatic heterocycles. The largest absolute Gasteiger partial charge is 0.497 e. The maximum absolute atomic E-state index is 5.33. The molecule has 1 unspecified atom stereocenters. The summed E-state index contributed by atoms with van der Waals surface area (Å²) in [5, 5.41) is 0. The summed E-state index contributed by atoms with van der Waals surface area (Å²) in [5.74, 6) is 4.12. The van der Waals surface area contributed by atoms with E-state index >= 15 is 0 Å². The van der Waals surface area contributed by atoms with Crippen LogP contribution in [0.3, 0.4) is 0 Å². The summed E-state index contributed by atoms with van der Waals surface area (Å²) >= 11 is 0. The predicted molar refractivity (Wildman–Crippen MR) is 73.0 cm³/mol. The number of terminal acetylenes is 1. The molecule has 0 aliphatic carbocycles. The third-order valence-corrected chi connectivity index (χ3v) is 2.10. The maximum Gasteiger partial charge on any atom is 0.119 e. The van der Waals surface area contributed by atoms with Gasteiger partial charge in [0.1, 0.15) is 5.76 Å². The molecule has 0 rings (SSSR count). The van der Waals surface area contributed by atoms with Gasteiger partial charge in [-0.1, -0.05) is 39.7 Å². The van der Waals surface area contributed by atoms with Gasteiger partial charge in [-0.2, -0.15) is 0 Å². The zero-order chi connectivity index (χ0) is 13.1. The molecule has 0 amide bonds. The maximum atomic E-state index is 5.33. The van der Waals surface area contributed by atoms with Crippen molar-refractivity contribution in [2.24, 2.45) is 11.8 Å². The molecule has 0 spiro atoms. The molecule has 1 nitrogen and oxygen atoms in total. The lowest BCUT2D eigenvalue weighted by Gasteiger charge is -2.14. The molecular formula is C15H26O. The lowest BCUT2D eigenvalue weighted by molar-refractivity contribution is 0.291. The van der Waals surface area contributed by atoms with Gasteiger partial charge in [-0.15, -0.1) is 6.42 Å². The van der Waals surface area contributed by atoms with E-state index in [9.17, 15) is 0 Å². The number of rotatable bonds is 4. The number of methoxy groups -OCH3 is 1. The summed E-state index contributed by atoms with van der Waals surface area (Å²) in [6, 6.07) is 0. The molecule has 0 aliphatic rings. The van der Waals surface area contributed by atoms with Crippen LogP contribution >= 0.6 is 0 Å². The van der Waals surface area contributed by atoms with Crippen LogP contribution in [0.5, 0.6) is 0 Å². The Morgan fingerprint density at radius 2 is 1.75 bits per heavy atom. The highest BCUT2D eigenvalue weighted by Crippen LogP contribution is 2.21. The number of hydrogen-bond donors (Lipinski definition) is 0. The fourth-order valence-corrected chi connectivity index (χ4v) is 1.32. The first kappa shape index (κ1) is 17.2. The monoisotopic (exact) mass is 222 g/mol. The Kier molecular flexibility index (Phi) is 11.2. The summed E-state index contributed by atoms with van der Waals surface area (Å²) in [7, 11) is 1.68. The molecule has 16 heavy (non-hydrogen) atoms. The van der Waals surface area contributed by atoms with E-state index in [0.717, 1.165) is 5.76 Å². The first-order valence-electron chi connectivity index (χ1n) is 5.95. The summed E-state index contributed by atoms with van der Waals surface area (Å²) in [4.78, 5) is 0. The van der Waals surface area contributed by atoms with E-state index in [1.165, 1.54) is 5.57 Å². The van der Waals surface area contributed by atoms with E-state index in [4.69, 9.17) is 11.2 Å². The highest BCUT2D eigenvalue weighted by molar-refractivity contribution is 5.28. The molecule has 0 radical (unpaired) electrons. The molecule has 1 heteroatoms. The molecule has 0 N–H and O–H groups in total. The fourth-order valence-electron chi connectivity index (χ4n) is 1.32. The van der Waals surface area contributed by atoms with Gasteiger partial charge in [-0.3, -0.25) is 0 Å². The normalized spacial score (nSPS) is 13.7. The standard InChI is InChI=1S/C13H20O.C2H6/c1-7-11(5)9-13(14-6)12(8-2)10(3)4;1-2/h1,8-11H,2-6H3;1-2H3/b12-8-,13-9+;. The average Bonchev–Trinajstić information content (AvgIpc) is 2.30. The van der Waals surface area contributed by atoms with Crippen LogP contribution in [0, 0.1) is 24.2 Å². The summed E-state index contributed by atoms with van der Waals surface area (Å²) < 4.78 is 5.33. The van der Waals surface area contributed by atoms with Crippen LogP contribution in [-0.2, 0) is 4.74 Å². The van der Waals surface area contributed by atoms with E-state index in [0.29, 0.717) is 5.92 Å². The smallest absolute Gasteiger partial charge is 0.119 e. The lowest BCUT2D eigenvalue weighted by atomic mass is 9.99. The van der Waals surface area contributed by atoms with E-state index in [1.807, 2.05) is 33.8 Å². The van der Waals surface area contributed by atoms with Gasteiger partial charge in [0.15, 0.2) is 0 Å². The Morgan fingerprint density at radius 3 is 2.00 bits per heavy atom. The van der Waals surface area contributed by atoms with Crippen molar-refractivity contribution in [1.29, 1.82) is 0 Å². The Hall–Kier alpha value is -1.16. The van der Waals surface area contributed by atoms with Crippen LogP contribution in [0.4, 0.5) is 0 Å². The Balaban J connectivity index is 0. The second-order valence-corrected chi connectivity index (χ2v) is 3.59. The average molecular weight is 222 g/mol. The predicted octanol–water partition coefficient (Wildman–Crippen LogP) is 4.41. The summed E-state index contributed by atoms with van der Waals surface area (Å²) in [6.07, 6.45) is 9.38. The number of ether oxygens (including phenoxy) is 1. The summed E-state index contributed by atoms with van der Waals surface area (Å²) in [5.41, 5.74) is 1.20. The fraction of sp³-hybridized carbons (Fsp3) is 0.600. The van der Waals surface area contributed by atoms with Crippen LogP contribution in [0.2, 0.25) is 0 Å². The molecule has 0 aromatic carbocycles. The van der Waals surface area contributed by atoms with Gasteiger partial charge in [-0.25, -0.2) is 0 Å². The summed E-state index contributed by atoms with van der Waals surface area (Å²) in [6.45, 7) is 12.3. The molecule has 0 saturated heterocycles. The Bertz CT molecular complexity index is 264. The number of hydrogen-bond acceptors (Lipinski definition) is 1. The first-order chi connectivity index (χ1) is 7.56. The van der Waals surface area contributed by atoms with E-state index in [2.05, 4.69) is 25.8 Å². The van der Waals surface area contributed by atoms with Gasteiger partial charge in [0.25, 0.3) is 0 Å². The van der Waals surface area contributed by atoms with Gasteiger partial charge < -0.3 is 4.74 Å². The molecule has 0 aromatic rings. The highest BCUT2D eigenvalue weighted by Gasteiger charge is 2.09. The van der Waals surface area contributed by atoms with Gasteiger partial charge in [0.2, 0.25) is 0 Å². The lowest BCUT2D eigenvalue weighted by Crippen LogP contribution is -2.02. The van der Waals surface area contributed by atoms with Crippen molar-refractivity contribution < 1.29 is 4.74 Å². The topological polar surface area (TPSA) is 9.23 Å². The first-order valence-corrected chi connectivity index (χ1v) is 5.95. The van der Waals surface area contributed by atoms with Crippen LogP contribution in [-0.4, -0.2) is 7.11 Å². The van der Waals surface area contributed by atoms with Gasteiger partial charge in [0, 0.05) is 5.92 Å². The molecule has 0 heterocycles. The van der Waals surface area contributed by atoms with Crippen molar-refractivity contribution >= 4 is 0 Å². The van der Waals surface area contributed by atoms with Crippen molar-refractivity contribution in [2.75, 3.05) is 7.11 Å².